The van der Waals surface area contributed by atoms with E-state index in [0.717, 1.165) is 6.07 Å². The van der Waals surface area contributed by atoms with Gasteiger partial charge in [-0.05, 0) is 18.6 Å². The second-order valence-electron chi connectivity index (χ2n) is 5.62. The van der Waals surface area contributed by atoms with Crippen molar-refractivity contribution in [2.75, 3.05) is 37.3 Å². The van der Waals surface area contributed by atoms with Gasteiger partial charge in [0.15, 0.2) is 5.82 Å². The van der Waals surface area contributed by atoms with Crippen LogP contribution in [0, 0.1) is 11.6 Å². The molecule has 1 aromatic carbocycles. The maximum Gasteiger partial charge on any atom is 0.211 e. The number of sulfonamides is 1. The molecule has 0 spiro atoms. The fourth-order valence-electron chi connectivity index (χ4n) is 2.91. The lowest BCUT2D eigenvalue weighted by atomic mass is 10.1. The zero-order valence-electron chi connectivity index (χ0n) is 12.7. The monoisotopic (exact) mass is 341 g/mol. The van der Waals surface area contributed by atoms with Crippen molar-refractivity contribution in [1.82, 2.24) is 9.29 Å². The molecular formula is C15H17F2N3O2S. The van der Waals surface area contributed by atoms with Gasteiger partial charge in [-0.25, -0.2) is 21.5 Å². The van der Waals surface area contributed by atoms with E-state index in [2.05, 4.69) is 4.98 Å². The van der Waals surface area contributed by atoms with Gasteiger partial charge < -0.3 is 4.90 Å². The second-order valence-corrected chi connectivity index (χ2v) is 7.60. The molecule has 3 rings (SSSR count). The summed E-state index contributed by atoms with van der Waals surface area (Å²) in [7, 11) is -3.24. The zero-order valence-corrected chi connectivity index (χ0v) is 13.5. The molecule has 0 radical (unpaired) electrons. The van der Waals surface area contributed by atoms with E-state index in [-0.39, 0.29) is 5.52 Å². The van der Waals surface area contributed by atoms with Gasteiger partial charge in [0.25, 0.3) is 0 Å². The van der Waals surface area contributed by atoms with Crippen molar-refractivity contribution in [1.29, 1.82) is 0 Å². The first kappa shape index (κ1) is 16.1. The summed E-state index contributed by atoms with van der Waals surface area (Å²) in [6.07, 6.45) is 3.32. The molecule has 0 aliphatic carbocycles. The average molecular weight is 341 g/mol. The molecule has 0 amide bonds. The topological polar surface area (TPSA) is 53.5 Å². The summed E-state index contributed by atoms with van der Waals surface area (Å²) in [5.74, 6) is -1.36. The number of rotatable bonds is 2. The van der Waals surface area contributed by atoms with E-state index in [9.17, 15) is 17.2 Å². The number of hydrogen-bond donors (Lipinski definition) is 0. The molecule has 23 heavy (non-hydrogen) atoms. The van der Waals surface area contributed by atoms with Crippen molar-refractivity contribution in [3.05, 3.63) is 36.0 Å². The van der Waals surface area contributed by atoms with Crippen molar-refractivity contribution in [2.45, 2.75) is 6.42 Å². The molecule has 2 heterocycles. The van der Waals surface area contributed by atoms with E-state index in [0.29, 0.717) is 43.7 Å². The van der Waals surface area contributed by atoms with Gasteiger partial charge in [0, 0.05) is 49.5 Å². The van der Waals surface area contributed by atoms with Crippen molar-refractivity contribution < 1.29 is 17.2 Å². The molecule has 0 atom stereocenters. The van der Waals surface area contributed by atoms with E-state index >= 15 is 0 Å². The number of nitrogens with zero attached hydrogens (tertiary/aromatic N) is 3. The SMILES string of the molecule is CS(=O)(=O)N1CCCN(c2ccnc3c(F)cc(F)cc23)CC1. The van der Waals surface area contributed by atoms with Gasteiger partial charge in [-0.2, -0.15) is 0 Å². The maximum absolute atomic E-state index is 13.9. The Bertz CT molecular complexity index is 842. The van der Waals surface area contributed by atoms with E-state index in [1.807, 2.05) is 4.90 Å². The quantitative estimate of drug-likeness (QED) is 0.838. The Kier molecular flexibility index (Phi) is 4.20. The lowest BCUT2D eigenvalue weighted by Crippen LogP contribution is -2.34. The maximum atomic E-state index is 13.9. The smallest absolute Gasteiger partial charge is 0.211 e. The number of anilines is 1. The number of pyridine rings is 1. The van der Waals surface area contributed by atoms with Gasteiger partial charge in [-0.3, -0.25) is 4.98 Å². The van der Waals surface area contributed by atoms with Gasteiger partial charge in [-0.1, -0.05) is 0 Å². The molecule has 5 nitrogen and oxygen atoms in total. The molecule has 124 valence electrons. The Morgan fingerprint density at radius 3 is 2.65 bits per heavy atom. The van der Waals surface area contributed by atoms with Crippen LogP contribution < -0.4 is 4.90 Å². The van der Waals surface area contributed by atoms with Crippen LogP contribution in [0.1, 0.15) is 6.42 Å². The van der Waals surface area contributed by atoms with Crippen LogP contribution in [0.2, 0.25) is 0 Å². The first-order chi connectivity index (χ1) is 10.9. The highest BCUT2D eigenvalue weighted by Crippen LogP contribution is 2.28. The third-order valence-electron chi connectivity index (χ3n) is 4.00. The minimum Gasteiger partial charge on any atom is -0.370 e. The summed E-state index contributed by atoms with van der Waals surface area (Å²) in [5.41, 5.74) is 0.789. The molecule has 1 aromatic heterocycles. The van der Waals surface area contributed by atoms with Crippen LogP contribution >= 0.6 is 0 Å². The predicted molar refractivity (Wildman–Crippen MR) is 84.9 cm³/mol. The highest BCUT2D eigenvalue weighted by molar-refractivity contribution is 7.88. The number of halogens is 2. The summed E-state index contributed by atoms with van der Waals surface area (Å²) >= 11 is 0. The Balaban J connectivity index is 1.98. The molecule has 0 N–H and O–H groups in total. The minimum atomic E-state index is -3.24. The summed E-state index contributed by atoms with van der Waals surface area (Å²) in [4.78, 5) is 5.93. The van der Waals surface area contributed by atoms with Crippen LogP contribution in [-0.2, 0) is 10.0 Å². The minimum absolute atomic E-state index is 0.119. The summed E-state index contributed by atoms with van der Waals surface area (Å²) in [6, 6.07) is 3.78. The molecule has 8 heteroatoms. The third kappa shape index (κ3) is 3.28. The fraction of sp³-hybridized carbons (Fsp3) is 0.400. The van der Waals surface area contributed by atoms with E-state index in [1.54, 1.807) is 6.07 Å². The number of fused-ring (bicyclic) bond motifs is 1. The van der Waals surface area contributed by atoms with E-state index in [1.165, 1.54) is 22.8 Å². The second kappa shape index (κ2) is 6.01. The molecule has 1 saturated heterocycles. The van der Waals surface area contributed by atoms with Crippen LogP contribution in [0.4, 0.5) is 14.5 Å². The predicted octanol–water partition coefficient (Wildman–Crippen LogP) is 1.98. The number of benzene rings is 1. The molecule has 1 aliphatic heterocycles. The molecule has 0 saturated carbocycles. The fourth-order valence-corrected chi connectivity index (χ4v) is 3.78. The van der Waals surface area contributed by atoms with E-state index in [4.69, 9.17) is 0 Å². The summed E-state index contributed by atoms with van der Waals surface area (Å²) < 4.78 is 52.2. The van der Waals surface area contributed by atoms with Crippen molar-refractivity contribution in [3.8, 4) is 0 Å². The highest BCUT2D eigenvalue weighted by atomic mass is 32.2. The van der Waals surface area contributed by atoms with Crippen LogP contribution in [0.5, 0.6) is 0 Å². The average Bonchev–Trinajstić information content (AvgIpc) is 2.72. The largest absolute Gasteiger partial charge is 0.370 e. The van der Waals surface area contributed by atoms with Gasteiger partial charge in [-0.15, -0.1) is 0 Å². The normalized spacial score (nSPS) is 17.4. The standard InChI is InChI=1S/C15H17F2N3O2S/c1-23(21,22)20-6-2-5-19(7-8-20)14-3-4-18-15-12(14)9-11(16)10-13(15)17/h3-4,9-10H,2,5-8H2,1H3. The van der Waals surface area contributed by atoms with Crippen LogP contribution in [0.3, 0.4) is 0 Å². The first-order valence-corrected chi connectivity index (χ1v) is 9.15. The zero-order chi connectivity index (χ0) is 16.6. The molecular weight excluding hydrogens is 324 g/mol. The van der Waals surface area contributed by atoms with Crippen molar-refractivity contribution in [3.63, 3.8) is 0 Å². The first-order valence-electron chi connectivity index (χ1n) is 7.30. The number of hydrogen-bond acceptors (Lipinski definition) is 4. The Labute approximate surface area is 133 Å². The molecule has 0 unspecified atom stereocenters. The highest BCUT2D eigenvalue weighted by Gasteiger charge is 2.22. The molecule has 1 aliphatic rings. The third-order valence-corrected chi connectivity index (χ3v) is 5.31. The lowest BCUT2D eigenvalue weighted by Gasteiger charge is -2.24. The molecule has 1 fully saturated rings. The van der Waals surface area contributed by atoms with Crippen molar-refractivity contribution >= 4 is 26.6 Å². The van der Waals surface area contributed by atoms with Crippen LogP contribution in [0.25, 0.3) is 10.9 Å². The Hall–Kier alpha value is -1.80. The van der Waals surface area contributed by atoms with Gasteiger partial charge in [0.1, 0.15) is 11.3 Å². The van der Waals surface area contributed by atoms with E-state index < -0.39 is 21.7 Å². The summed E-state index contributed by atoms with van der Waals surface area (Å²) in [6.45, 7) is 1.87. The lowest BCUT2D eigenvalue weighted by molar-refractivity contribution is 0.437. The number of aromatic nitrogens is 1. The summed E-state index contributed by atoms with van der Waals surface area (Å²) in [5, 5.41) is 0.401. The molecule has 0 bridgehead atoms. The van der Waals surface area contributed by atoms with Crippen LogP contribution in [0.15, 0.2) is 24.4 Å². The van der Waals surface area contributed by atoms with Gasteiger partial charge in [0.05, 0.1) is 6.26 Å². The van der Waals surface area contributed by atoms with Crippen molar-refractivity contribution in [2.24, 2.45) is 0 Å². The Morgan fingerprint density at radius 2 is 1.91 bits per heavy atom. The van der Waals surface area contributed by atoms with Crippen LogP contribution in [-0.4, -0.2) is 50.1 Å². The molecule has 2 aromatic rings. The van der Waals surface area contributed by atoms with Gasteiger partial charge in [0.2, 0.25) is 10.0 Å². The van der Waals surface area contributed by atoms with Gasteiger partial charge >= 0.3 is 0 Å². The Morgan fingerprint density at radius 1 is 1.13 bits per heavy atom.